The first-order valence-corrected chi connectivity index (χ1v) is 10.1. The van der Waals surface area contributed by atoms with Crippen LogP contribution in [0.1, 0.15) is 29.5 Å². The number of hydrogen-bond acceptors (Lipinski definition) is 3. The zero-order chi connectivity index (χ0) is 20.9. The van der Waals surface area contributed by atoms with Crippen molar-refractivity contribution in [3.63, 3.8) is 0 Å². The minimum Gasteiger partial charge on any atom is -0.497 e. The summed E-state index contributed by atoms with van der Waals surface area (Å²) in [7, 11) is 1.63. The molecule has 4 rings (SSSR count). The molecule has 1 aliphatic carbocycles. The molecule has 1 fully saturated rings. The Morgan fingerprint density at radius 3 is 2.60 bits per heavy atom. The van der Waals surface area contributed by atoms with Gasteiger partial charge in [0.25, 0.3) is 0 Å². The third kappa shape index (κ3) is 4.62. The van der Waals surface area contributed by atoms with Crippen molar-refractivity contribution in [1.82, 2.24) is 5.32 Å². The van der Waals surface area contributed by atoms with Crippen LogP contribution in [0, 0.1) is 11.7 Å². The molecule has 0 aliphatic heterocycles. The van der Waals surface area contributed by atoms with E-state index in [9.17, 15) is 9.18 Å². The van der Waals surface area contributed by atoms with Gasteiger partial charge in [-0.25, -0.2) is 4.39 Å². The number of benzene rings is 3. The Morgan fingerprint density at radius 2 is 1.83 bits per heavy atom. The number of halogens is 1. The van der Waals surface area contributed by atoms with Crippen LogP contribution in [0.5, 0.6) is 5.75 Å². The van der Waals surface area contributed by atoms with Crippen molar-refractivity contribution >= 4 is 11.6 Å². The third-order valence-electron chi connectivity index (χ3n) is 5.52. The molecule has 3 aromatic rings. The minimum absolute atomic E-state index is 0.0309. The lowest BCUT2D eigenvalue weighted by atomic mass is 10.1. The molecule has 2 N–H and O–H groups in total. The number of rotatable bonds is 8. The molecule has 0 aromatic heterocycles. The summed E-state index contributed by atoms with van der Waals surface area (Å²) < 4.78 is 19.3. The van der Waals surface area contributed by atoms with Crippen LogP contribution in [0.2, 0.25) is 0 Å². The van der Waals surface area contributed by atoms with Crippen molar-refractivity contribution in [2.45, 2.75) is 18.4 Å². The van der Waals surface area contributed by atoms with E-state index in [1.54, 1.807) is 19.2 Å². The van der Waals surface area contributed by atoms with Gasteiger partial charge in [0.1, 0.15) is 11.6 Å². The topological polar surface area (TPSA) is 50.4 Å². The maximum absolute atomic E-state index is 14.0. The summed E-state index contributed by atoms with van der Waals surface area (Å²) in [6.07, 6.45) is 0.687. The first-order valence-electron chi connectivity index (χ1n) is 10.1. The van der Waals surface area contributed by atoms with Crippen molar-refractivity contribution in [2.75, 3.05) is 19.0 Å². The Morgan fingerprint density at radius 1 is 1.07 bits per heavy atom. The Labute approximate surface area is 176 Å². The Bertz CT molecular complexity index is 1010. The fourth-order valence-electron chi connectivity index (χ4n) is 3.79. The fourth-order valence-corrected chi connectivity index (χ4v) is 3.79. The summed E-state index contributed by atoms with van der Waals surface area (Å²) in [5.41, 5.74) is 2.61. The molecule has 154 valence electrons. The lowest BCUT2D eigenvalue weighted by Gasteiger charge is -2.21. The van der Waals surface area contributed by atoms with E-state index in [0.717, 1.165) is 17.0 Å². The molecule has 1 saturated carbocycles. The van der Waals surface area contributed by atoms with Crippen molar-refractivity contribution in [3.8, 4) is 5.75 Å². The molecule has 3 atom stereocenters. The van der Waals surface area contributed by atoms with Gasteiger partial charge in [0.15, 0.2) is 0 Å². The molecule has 0 bridgehead atoms. The monoisotopic (exact) mass is 404 g/mol. The Kier molecular flexibility index (Phi) is 5.98. The number of anilines is 1. The number of amides is 1. The Hall–Kier alpha value is -3.34. The van der Waals surface area contributed by atoms with E-state index in [2.05, 4.69) is 10.6 Å². The second kappa shape index (κ2) is 8.99. The van der Waals surface area contributed by atoms with E-state index in [1.807, 2.05) is 60.7 Å². The van der Waals surface area contributed by atoms with Gasteiger partial charge < -0.3 is 15.4 Å². The zero-order valence-electron chi connectivity index (χ0n) is 16.8. The van der Waals surface area contributed by atoms with Gasteiger partial charge in [-0.3, -0.25) is 4.79 Å². The van der Waals surface area contributed by atoms with E-state index in [1.165, 1.54) is 6.07 Å². The lowest BCUT2D eigenvalue weighted by Crippen LogP contribution is -2.32. The van der Waals surface area contributed by atoms with Crippen LogP contribution in [0.25, 0.3) is 0 Å². The van der Waals surface area contributed by atoms with E-state index < -0.39 is 0 Å². The first kappa shape index (κ1) is 20.0. The highest BCUT2D eigenvalue weighted by molar-refractivity contribution is 5.83. The fraction of sp³-hybridized carbons (Fsp3) is 0.240. The normalized spacial score (nSPS) is 18.3. The molecule has 0 radical (unpaired) electrons. The molecule has 4 nitrogen and oxygen atoms in total. The van der Waals surface area contributed by atoms with Crippen LogP contribution in [-0.4, -0.2) is 19.6 Å². The van der Waals surface area contributed by atoms with Crippen LogP contribution in [0.3, 0.4) is 0 Å². The molecular formula is C25H25FN2O2. The van der Waals surface area contributed by atoms with E-state index in [-0.39, 0.29) is 29.6 Å². The molecule has 3 aromatic carbocycles. The summed E-state index contributed by atoms with van der Waals surface area (Å²) in [5.74, 6) is 0.292. The van der Waals surface area contributed by atoms with Crippen molar-refractivity contribution in [1.29, 1.82) is 0 Å². The van der Waals surface area contributed by atoms with Gasteiger partial charge in [0.2, 0.25) is 5.91 Å². The largest absolute Gasteiger partial charge is 0.497 e. The van der Waals surface area contributed by atoms with Crippen molar-refractivity contribution in [2.24, 2.45) is 5.92 Å². The number of carbonyl (C=O) groups is 1. The first-order chi connectivity index (χ1) is 14.7. The smallest absolute Gasteiger partial charge is 0.223 e. The molecule has 0 saturated heterocycles. The Balaban J connectivity index is 1.42. The van der Waals surface area contributed by atoms with Crippen molar-refractivity contribution in [3.05, 3.63) is 95.8 Å². The zero-order valence-corrected chi connectivity index (χ0v) is 16.8. The highest BCUT2D eigenvalue weighted by Crippen LogP contribution is 2.48. The average molecular weight is 404 g/mol. The van der Waals surface area contributed by atoms with Gasteiger partial charge >= 0.3 is 0 Å². The molecule has 5 heteroatoms. The molecule has 30 heavy (non-hydrogen) atoms. The van der Waals surface area contributed by atoms with Gasteiger partial charge in [0, 0.05) is 24.2 Å². The van der Waals surface area contributed by atoms with Crippen LogP contribution < -0.4 is 15.4 Å². The number of carbonyl (C=O) groups excluding carboxylic acids is 1. The predicted octanol–water partition coefficient (Wildman–Crippen LogP) is 4.91. The SMILES string of the molecule is COc1cccc(NC(CNC(=O)C2CC2c2ccccc2F)c2ccccc2)c1. The van der Waals surface area contributed by atoms with Crippen molar-refractivity contribution < 1.29 is 13.9 Å². The highest BCUT2D eigenvalue weighted by atomic mass is 19.1. The minimum atomic E-state index is -0.236. The molecule has 3 unspecified atom stereocenters. The maximum atomic E-state index is 14.0. The summed E-state index contributed by atoms with van der Waals surface area (Å²) in [5, 5.41) is 6.54. The molecule has 0 spiro atoms. The molecule has 1 amide bonds. The van der Waals surface area contributed by atoms with Gasteiger partial charge in [-0.05, 0) is 41.7 Å². The maximum Gasteiger partial charge on any atom is 0.223 e. The van der Waals surface area contributed by atoms with Gasteiger partial charge in [0.05, 0.1) is 13.2 Å². The molecule has 1 aliphatic rings. The van der Waals surface area contributed by atoms with Gasteiger partial charge in [-0.1, -0.05) is 54.6 Å². The molecule has 0 heterocycles. The summed E-state index contributed by atoms with van der Waals surface area (Å²) >= 11 is 0. The summed E-state index contributed by atoms with van der Waals surface area (Å²) in [6.45, 7) is 0.431. The number of hydrogen-bond donors (Lipinski definition) is 2. The average Bonchev–Trinajstić information content (AvgIpc) is 3.58. The second-order valence-corrected chi connectivity index (χ2v) is 7.55. The molecular weight excluding hydrogens is 379 g/mol. The van der Waals surface area contributed by atoms with Crippen LogP contribution in [0.4, 0.5) is 10.1 Å². The number of nitrogens with one attached hydrogen (secondary N) is 2. The lowest BCUT2D eigenvalue weighted by molar-refractivity contribution is -0.122. The van der Waals surface area contributed by atoms with E-state index in [0.29, 0.717) is 18.5 Å². The van der Waals surface area contributed by atoms with Crippen LogP contribution in [0.15, 0.2) is 78.9 Å². The van der Waals surface area contributed by atoms with Gasteiger partial charge in [-0.2, -0.15) is 0 Å². The number of ether oxygens (including phenoxy) is 1. The predicted molar refractivity (Wildman–Crippen MR) is 116 cm³/mol. The third-order valence-corrected chi connectivity index (χ3v) is 5.52. The summed E-state index contributed by atoms with van der Waals surface area (Å²) in [6, 6.07) is 24.3. The van der Waals surface area contributed by atoms with E-state index in [4.69, 9.17) is 4.74 Å². The quantitative estimate of drug-likeness (QED) is 0.561. The van der Waals surface area contributed by atoms with Crippen LogP contribution >= 0.6 is 0 Å². The van der Waals surface area contributed by atoms with E-state index >= 15 is 0 Å². The summed E-state index contributed by atoms with van der Waals surface area (Å²) in [4.78, 5) is 12.7. The second-order valence-electron chi connectivity index (χ2n) is 7.55. The standard InChI is InChI=1S/C25H25FN2O2/c1-30-19-11-7-10-18(14-19)28-24(17-8-3-2-4-9-17)16-27-25(29)22-15-21(22)20-12-5-6-13-23(20)26/h2-14,21-22,24,28H,15-16H2,1H3,(H,27,29). The van der Waals surface area contributed by atoms with Gasteiger partial charge in [-0.15, -0.1) is 0 Å². The number of methoxy groups -OCH3 is 1. The van der Waals surface area contributed by atoms with Crippen LogP contribution in [-0.2, 0) is 4.79 Å². The highest BCUT2D eigenvalue weighted by Gasteiger charge is 2.45.